The van der Waals surface area contributed by atoms with Crippen LogP contribution in [0.25, 0.3) is 0 Å². The molecule has 0 aromatic carbocycles. The third-order valence-electron chi connectivity index (χ3n) is 2.97. The van der Waals surface area contributed by atoms with Gasteiger partial charge in [0.2, 0.25) is 0 Å². The summed E-state index contributed by atoms with van der Waals surface area (Å²) in [5.74, 6) is 1.02. The molecule has 0 radical (unpaired) electrons. The topological polar surface area (TPSA) is 0 Å². The smallest absolute Gasteiger partial charge is 0.0203 e. The molecule has 0 spiro atoms. The first kappa shape index (κ1) is 6.45. The Hall–Kier alpha value is -0.260. The molecule has 10 heavy (non-hydrogen) atoms. The Bertz CT molecular complexity index is 138. The monoisotopic (exact) mass is 136 g/mol. The minimum Gasteiger partial charge on any atom is -0.0847 e. The van der Waals surface area contributed by atoms with Gasteiger partial charge in [0, 0.05) is 0 Å². The maximum Gasteiger partial charge on any atom is -0.0203 e. The minimum absolute atomic E-state index is 1.02. The van der Waals surface area contributed by atoms with Crippen molar-refractivity contribution < 1.29 is 0 Å². The van der Waals surface area contributed by atoms with E-state index in [1.54, 1.807) is 5.57 Å². The molecular formula is C10H16. The zero-order chi connectivity index (χ0) is 6.81. The largest absolute Gasteiger partial charge is 0.0847 e. The lowest BCUT2D eigenvalue weighted by Gasteiger charge is -2.28. The molecule has 0 amide bonds. The average molecular weight is 136 g/mol. The molecule has 0 N–H and O–H groups in total. The van der Waals surface area contributed by atoms with Gasteiger partial charge in [-0.1, -0.05) is 30.9 Å². The Kier molecular flexibility index (Phi) is 1.79. The van der Waals surface area contributed by atoms with Crippen LogP contribution in [0.3, 0.4) is 0 Å². The number of hydrogen-bond acceptors (Lipinski definition) is 0. The molecule has 0 nitrogen and oxygen atoms in total. The van der Waals surface area contributed by atoms with E-state index in [4.69, 9.17) is 0 Å². The van der Waals surface area contributed by atoms with Crippen LogP contribution in [0.1, 0.15) is 44.9 Å². The van der Waals surface area contributed by atoms with Crippen molar-refractivity contribution in [2.75, 3.05) is 0 Å². The van der Waals surface area contributed by atoms with Gasteiger partial charge in [0.15, 0.2) is 0 Å². The molecule has 0 aliphatic heterocycles. The summed E-state index contributed by atoms with van der Waals surface area (Å²) in [7, 11) is 0. The molecule has 56 valence electrons. The third-order valence-corrected chi connectivity index (χ3v) is 2.97. The molecule has 0 aromatic heterocycles. The Balaban J connectivity index is 1.90. The second kappa shape index (κ2) is 2.77. The van der Waals surface area contributed by atoms with Gasteiger partial charge in [-0.2, -0.15) is 0 Å². The van der Waals surface area contributed by atoms with Crippen molar-refractivity contribution >= 4 is 0 Å². The summed E-state index contributed by atoms with van der Waals surface area (Å²) in [5.41, 5.74) is 1.79. The lowest BCUT2D eigenvalue weighted by molar-refractivity contribution is 0.386. The van der Waals surface area contributed by atoms with Crippen LogP contribution in [0.5, 0.6) is 0 Å². The molecule has 0 bridgehead atoms. The van der Waals surface area contributed by atoms with Crippen LogP contribution in [-0.2, 0) is 0 Å². The van der Waals surface area contributed by atoms with Crippen LogP contribution >= 0.6 is 0 Å². The fourth-order valence-electron chi connectivity index (χ4n) is 2.16. The van der Waals surface area contributed by atoms with Crippen molar-refractivity contribution in [2.45, 2.75) is 44.9 Å². The van der Waals surface area contributed by atoms with E-state index in [0.717, 1.165) is 5.92 Å². The molecule has 0 aromatic rings. The molecule has 1 saturated carbocycles. The van der Waals surface area contributed by atoms with Crippen molar-refractivity contribution in [3.63, 3.8) is 0 Å². The normalized spacial score (nSPS) is 27.4. The summed E-state index contributed by atoms with van der Waals surface area (Å²) in [6.07, 6.45) is 12.7. The van der Waals surface area contributed by atoms with Crippen LogP contribution in [0, 0.1) is 5.92 Å². The predicted molar refractivity (Wildman–Crippen MR) is 43.9 cm³/mol. The first-order valence-corrected chi connectivity index (χ1v) is 4.66. The first-order chi connectivity index (χ1) is 4.97. The van der Waals surface area contributed by atoms with Gasteiger partial charge in [0.25, 0.3) is 0 Å². The minimum atomic E-state index is 1.02. The molecule has 2 rings (SSSR count). The van der Waals surface area contributed by atoms with Gasteiger partial charge in [0.05, 0.1) is 0 Å². The zero-order valence-corrected chi connectivity index (χ0v) is 6.60. The Morgan fingerprint density at radius 2 is 1.80 bits per heavy atom. The molecule has 0 saturated heterocycles. The van der Waals surface area contributed by atoms with E-state index in [-0.39, 0.29) is 0 Å². The highest BCUT2D eigenvalue weighted by atomic mass is 14.3. The van der Waals surface area contributed by atoms with Crippen LogP contribution < -0.4 is 0 Å². The second-order valence-electron chi connectivity index (χ2n) is 3.65. The van der Waals surface area contributed by atoms with Gasteiger partial charge in [0.1, 0.15) is 0 Å². The van der Waals surface area contributed by atoms with Crippen LogP contribution in [0.15, 0.2) is 11.6 Å². The van der Waals surface area contributed by atoms with E-state index in [9.17, 15) is 0 Å². The fourth-order valence-corrected chi connectivity index (χ4v) is 2.16. The van der Waals surface area contributed by atoms with Crippen molar-refractivity contribution in [1.82, 2.24) is 0 Å². The van der Waals surface area contributed by atoms with Crippen molar-refractivity contribution in [3.8, 4) is 0 Å². The summed E-state index contributed by atoms with van der Waals surface area (Å²) >= 11 is 0. The second-order valence-corrected chi connectivity index (χ2v) is 3.65. The van der Waals surface area contributed by atoms with Gasteiger partial charge < -0.3 is 0 Å². The predicted octanol–water partition coefficient (Wildman–Crippen LogP) is 3.29. The van der Waals surface area contributed by atoms with Crippen molar-refractivity contribution in [3.05, 3.63) is 11.6 Å². The van der Waals surface area contributed by atoms with Crippen LogP contribution in [0.4, 0.5) is 0 Å². The van der Waals surface area contributed by atoms with Crippen molar-refractivity contribution in [1.29, 1.82) is 0 Å². The van der Waals surface area contributed by atoms with E-state index in [1.165, 1.54) is 44.9 Å². The molecule has 0 heterocycles. The zero-order valence-electron chi connectivity index (χ0n) is 6.60. The molecule has 2 aliphatic rings. The fraction of sp³-hybridized carbons (Fsp3) is 0.800. The number of allylic oxidation sites excluding steroid dienone is 2. The van der Waals surface area contributed by atoms with Gasteiger partial charge in [-0.3, -0.25) is 0 Å². The molecule has 2 aliphatic carbocycles. The van der Waals surface area contributed by atoms with E-state index in [2.05, 4.69) is 6.08 Å². The number of hydrogen-bond donors (Lipinski definition) is 0. The van der Waals surface area contributed by atoms with Gasteiger partial charge in [-0.15, -0.1) is 0 Å². The quantitative estimate of drug-likeness (QED) is 0.485. The van der Waals surface area contributed by atoms with E-state index in [1.807, 2.05) is 0 Å². The van der Waals surface area contributed by atoms with E-state index in [0.29, 0.717) is 0 Å². The number of rotatable bonds is 1. The SMILES string of the molecule is C1=C(C2CCCCC2)CC1. The first-order valence-electron chi connectivity index (χ1n) is 4.66. The summed E-state index contributed by atoms with van der Waals surface area (Å²) in [6.45, 7) is 0. The van der Waals surface area contributed by atoms with Crippen LogP contribution in [0.2, 0.25) is 0 Å². The summed E-state index contributed by atoms with van der Waals surface area (Å²) in [5, 5.41) is 0. The lowest BCUT2D eigenvalue weighted by atomic mass is 9.78. The molecular weight excluding hydrogens is 120 g/mol. The third kappa shape index (κ3) is 1.12. The maximum absolute atomic E-state index is 2.45. The van der Waals surface area contributed by atoms with Crippen molar-refractivity contribution in [2.24, 2.45) is 5.92 Å². The average Bonchev–Trinajstić information content (AvgIpc) is 1.86. The maximum atomic E-state index is 2.45. The molecule has 0 heteroatoms. The summed E-state index contributed by atoms with van der Waals surface area (Å²) in [4.78, 5) is 0. The summed E-state index contributed by atoms with van der Waals surface area (Å²) < 4.78 is 0. The standard InChI is InChI=1S/C10H16/c1-2-5-9(6-3-1)10-7-4-8-10/h7,9H,1-6,8H2. The van der Waals surface area contributed by atoms with Gasteiger partial charge >= 0.3 is 0 Å². The highest BCUT2D eigenvalue weighted by Crippen LogP contribution is 2.36. The molecule has 0 unspecified atom stereocenters. The Morgan fingerprint density at radius 1 is 1.10 bits per heavy atom. The molecule has 0 atom stereocenters. The summed E-state index contributed by atoms with van der Waals surface area (Å²) in [6, 6.07) is 0. The van der Waals surface area contributed by atoms with Crippen LogP contribution in [-0.4, -0.2) is 0 Å². The Labute approximate surface area is 63.3 Å². The Morgan fingerprint density at radius 3 is 2.30 bits per heavy atom. The highest BCUT2D eigenvalue weighted by Gasteiger charge is 2.19. The lowest BCUT2D eigenvalue weighted by Crippen LogP contribution is -2.12. The molecule has 1 fully saturated rings. The highest BCUT2D eigenvalue weighted by molar-refractivity contribution is 5.16. The van der Waals surface area contributed by atoms with Gasteiger partial charge in [-0.05, 0) is 31.6 Å². The van der Waals surface area contributed by atoms with E-state index < -0.39 is 0 Å². The van der Waals surface area contributed by atoms with E-state index >= 15 is 0 Å². The van der Waals surface area contributed by atoms with Gasteiger partial charge in [-0.25, -0.2) is 0 Å².